The lowest BCUT2D eigenvalue weighted by molar-refractivity contribution is 0.477. The lowest BCUT2D eigenvalue weighted by Gasteiger charge is -2.33. The number of aromatic nitrogens is 3. The minimum atomic E-state index is 0.819. The van der Waals surface area contributed by atoms with Gasteiger partial charge in [0.2, 0.25) is 0 Å². The summed E-state index contributed by atoms with van der Waals surface area (Å²) >= 11 is 0. The van der Waals surface area contributed by atoms with Gasteiger partial charge in [-0.05, 0) is 36.4 Å². The molecule has 31 heavy (non-hydrogen) atoms. The van der Waals surface area contributed by atoms with Crippen molar-refractivity contribution in [3.63, 3.8) is 0 Å². The molecular formula is C26H18N4O. The molecule has 0 atom stereocenters. The third-order valence-electron chi connectivity index (χ3n) is 5.36. The summed E-state index contributed by atoms with van der Waals surface area (Å²) in [5.74, 6) is 1.64. The second-order valence-electron chi connectivity index (χ2n) is 7.28. The van der Waals surface area contributed by atoms with E-state index in [1.54, 1.807) is 0 Å². The summed E-state index contributed by atoms with van der Waals surface area (Å²) in [5, 5.41) is 8.85. The minimum absolute atomic E-state index is 0.819. The molecule has 0 spiro atoms. The first kappa shape index (κ1) is 17.5. The summed E-state index contributed by atoms with van der Waals surface area (Å²) in [4.78, 5) is 2.22. The molecule has 5 aromatic rings. The van der Waals surface area contributed by atoms with E-state index in [1.807, 2.05) is 89.7 Å². The van der Waals surface area contributed by atoms with Crippen LogP contribution in [0.25, 0.3) is 16.9 Å². The molecule has 5 nitrogen and oxygen atoms in total. The molecule has 0 bridgehead atoms. The largest absolute Gasteiger partial charge is 0.453 e. The van der Waals surface area contributed by atoms with Crippen molar-refractivity contribution < 1.29 is 4.74 Å². The first-order valence-electron chi connectivity index (χ1n) is 10.1. The Morgan fingerprint density at radius 1 is 0.548 bits per heavy atom. The monoisotopic (exact) mass is 402 g/mol. The van der Waals surface area contributed by atoms with Gasteiger partial charge >= 0.3 is 0 Å². The highest BCUT2D eigenvalue weighted by Crippen LogP contribution is 2.51. The van der Waals surface area contributed by atoms with Crippen LogP contribution in [-0.4, -0.2) is 15.0 Å². The maximum Gasteiger partial charge on any atom is 0.151 e. The third kappa shape index (κ3) is 2.95. The van der Waals surface area contributed by atoms with Crippen LogP contribution in [0.1, 0.15) is 0 Å². The topological polar surface area (TPSA) is 43.2 Å². The van der Waals surface area contributed by atoms with Crippen LogP contribution in [-0.2, 0) is 0 Å². The fourth-order valence-corrected chi connectivity index (χ4v) is 3.93. The molecule has 1 aliphatic rings. The number of ether oxygens (including phenoxy) is 1. The van der Waals surface area contributed by atoms with E-state index < -0.39 is 0 Å². The Labute approximate surface area is 179 Å². The van der Waals surface area contributed by atoms with E-state index >= 15 is 0 Å². The Kier molecular flexibility index (Phi) is 4.03. The molecule has 0 aliphatic carbocycles. The van der Waals surface area contributed by atoms with Gasteiger partial charge in [-0.15, -0.1) is 5.10 Å². The van der Waals surface area contributed by atoms with Gasteiger partial charge in [-0.25, -0.2) is 4.68 Å². The SMILES string of the molecule is c1ccc(-c2cn(-c3ccccc3N3c4ccccc4Oc4ccccc43)nn2)cc1. The first-order chi connectivity index (χ1) is 15.4. The quantitative estimate of drug-likeness (QED) is 0.338. The van der Waals surface area contributed by atoms with E-state index in [1.165, 1.54) is 0 Å². The Hall–Kier alpha value is -4.38. The lowest BCUT2D eigenvalue weighted by atomic mass is 10.1. The maximum atomic E-state index is 6.16. The number of nitrogens with zero attached hydrogens (tertiary/aromatic N) is 4. The molecule has 4 aromatic carbocycles. The number of anilines is 3. The van der Waals surface area contributed by atoms with Crippen molar-refractivity contribution in [2.45, 2.75) is 0 Å². The van der Waals surface area contributed by atoms with Crippen molar-refractivity contribution in [2.24, 2.45) is 0 Å². The molecule has 5 heteroatoms. The van der Waals surface area contributed by atoms with Crippen LogP contribution >= 0.6 is 0 Å². The minimum Gasteiger partial charge on any atom is -0.453 e. The van der Waals surface area contributed by atoms with Gasteiger partial charge in [-0.1, -0.05) is 71.9 Å². The maximum absolute atomic E-state index is 6.16. The molecule has 0 radical (unpaired) electrons. The summed E-state index contributed by atoms with van der Waals surface area (Å²) in [7, 11) is 0. The molecule has 148 valence electrons. The lowest BCUT2D eigenvalue weighted by Crippen LogP contribution is -2.17. The summed E-state index contributed by atoms with van der Waals surface area (Å²) in [6, 6.07) is 34.4. The van der Waals surface area contributed by atoms with Gasteiger partial charge in [0.15, 0.2) is 11.5 Å². The molecule has 0 saturated heterocycles. The molecule has 1 aromatic heterocycles. The zero-order valence-electron chi connectivity index (χ0n) is 16.6. The standard InChI is InChI=1S/C26H18N4O/c1-2-10-19(11-3-1)20-18-29(28-27-20)21-12-4-5-13-22(21)30-23-14-6-8-16-25(23)31-26-17-9-7-15-24(26)30/h1-18H. The van der Waals surface area contributed by atoms with Gasteiger partial charge in [0.05, 0.1) is 28.9 Å². The van der Waals surface area contributed by atoms with E-state index in [-0.39, 0.29) is 0 Å². The van der Waals surface area contributed by atoms with Gasteiger partial charge in [0.25, 0.3) is 0 Å². The van der Waals surface area contributed by atoms with Crippen molar-refractivity contribution in [2.75, 3.05) is 4.90 Å². The molecule has 0 saturated carbocycles. The predicted molar refractivity (Wildman–Crippen MR) is 122 cm³/mol. The van der Waals surface area contributed by atoms with E-state index in [4.69, 9.17) is 4.74 Å². The van der Waals surface area contributed by atoms with Crippen LogP contribution in [0.15, 0.2) is 109 Å². The van der Waals surface area contributed by atoms with Gasteiger partial charge in [-0.3, -0.25) is 0 Å². The number of para-hydroxylation sites is 6. The van der Waals surface area contributed by atoms with E-state index in [9.17, 15) is 0 Å². The Morgan fingerprint density at radius 2 is 1.10 bits per heavy atom. The first-order valence-corrected chi connectivity index (χ1v) is 10.1. The van der Waals surface area contributed by atoms with Crippen LogP contribution in [0.3, 0.4) is 0 Å². The highest BCUT2D eigenvalue weighted by Gasteiger charge is 2.27. The fraction of sp³-hybridized carbons (Fsp3) is 0. The van der Waals surface area contributed by atoms with E-state index in [0.717, 1.165) is 45.5 Å². The van der Waals surface area contributed by atoms with E-state index in [2.05, 4.69) is 39.5 Å². The van der Waals surface area contributed by atoms with Crippen LogP contribution < -0.4 is 9.64 Å². The van der Waals surface area contributed by atoms with Gasteiger partial charge in [0, 0.05) is 5.56 Å². The Balaban J connectivity index is 1.52. The molecule has 6 rings (SSSR count). The van der Waals surface area contributed by atoms with Gasteiger partial charge in [0.1, 0.15) is 5.69 Å². The average molecular weight is 402 g/mol. The van der Waals surface area contributed by atoms with Crippen molar-refractivity contribution >= 4 is 17.1 Å². The van der Waals surface area contributed by atoms with Crippen LogP contribution in [0.4, 0.5) is 17.1 Å². The molecule has 0 unspecified atom stereocenters. The molecule has 0 N–H and O–H groups in total. The zero-order valence-corrected chi connectivity index (χ0v) is 16.6. The number of rotatable bonds is 3. The summed E-state index contributed by atoms with van der Waals surface area (Å²) in [5.41, 5.74) is 5.76. The summed E-state index contributed by atoms with van der Waals surface area (Å²) in [6.45, 7) is 0. The molecular weight excluding hydrogens is 384 g/mol. The van der Waals surface area contributed by atoms with Crippen molar-refractivity contribution in [3.05, 3.63) is 109 Å². The average Bonchev–Trinajstić information content (AvgIpc) is 3.33. The molecule has 0 fully saturated rings. The highest BCUT2D eigenvalue weighted by atomic mass is 16.5. The second kappa shape index (κ2) is 7.15. The predicted octanol–water partition coefficient (Wildman–Crippen LogP) is 6.51. The van der Waals surface area contributed by atoms with Crippen LogP contribution in [0.5, 0.6) is 11.5 Å². The zero-order chi connectivity index (χ0) is 20.6. The molecule has 2 heterocycles. The Morgan fingerprint density at radius 3 is 1.77 bits per heavy atom. The summed E-state index contributed by atoms with van der Waals surface area (Å²) in [6.07, 6.45) is 1.96. The van der Waals surface area contributed by atoms with Crippen molar-refractivity contribution in [1.29, 1.82) is 0 Å². The Bertz CT molecular complexity index is 1330. The third-order valence-corrected chi connectivity index (χ3v) is 5.36. The van der Waals surface area contributed by atoms with Crippen molar-refractivity contribution in [3.8, 4) is 28.4 Å². The number of fused-ring (bicyclic) bond motifs is 2. The number of hydrogen-bond acceptors (Lipinski definition) is 4. The number of hydrogen-bond donors (Lipinski definition) is 0. The van der Waals surface area contributed by atoms with Crippen molar-refractivity contribution in [1.82, 2.24) is 15.0 Å². The second-order valence-corrected chi connectivity index (χ2v) is 7.28. The van der Waals surface area contributed by atoms with Gasteiger partial charge in [-0.2, -0.15) is 0 Å². The fourth-order valence-electron chi connectivity index (χ4n) is 3.93. The smallest absolute Gasteiger partial charge is 0.151 e. The summed E-state index contributed by atoms with van der Waals surface area (Å²) < 4.78 is 7.99. The molecule has 0 amide bonds. The van der Waals surface area contributed by atoms with E-state index in [0.29, 0.717) is 0 Å². The normalized spacial score (nSPS) is 12.1. The van der Waals surface area contributed by atoms with Gasteiger partial charge < -0.3 is 9.64 Å². The van der Waals surface area contributed by atoms with Crippen LogP contribution in [0, 0.1) is 0 Å². The van der Waals surface area contributed by atoms with Crippen LogP contribution in [0.2, 0.25) is 0 Å². The number of benzene rings is 4. The molecule has 1 aliphatic heterocycles. The highest BCUT2D eigenvalue weighted by molar-refractivity contribution is 5.89.